The predicted octanol–water partition coefficient (Wildman–Crippen LogP) is 0.524. The van der Waals surface area contributed by atoms with Gasteiger partial charge < -0.3 is 10.2 Å². The molecule has 1 rings (SSSR count). The van der Waals surface area contributed by atoms with Crippen molar-refractivity contribution < 1.29 is 15.0 Å². The van der Waals surface area contributed by atoms with Gasteiger partial charge in [-0.05, 0) is 18.3 Å². The van der Waals surface area contributed by atoms with Crippen LogP contribution in [0.1, 0.15) is 26.7 Å². The molecule has 0 heterocycles. The Balaban J connectivity index is 2.54. The molecule has 0 aromatic carbocycles. The van der Waals surface area contributed by atoms with Crippen LogP contribution in [0.25, 0.3) is 0 Å². The fraction of sp³-hybridized carbons (Fsp3) is 0.923. The van der Waals surface area contributed by atoms with Crippen LogP contribution >= 0.6 is 0 Å². The van der Waals surface area contributed by atoms with Crippen LogP contribution < -0.4 is 0 Å². The van der Waals surface area contributed by atoms with Crippen molar-refractivity contribution >= 4 is 5.78 Å². The number of Topliss-reactive ketones (excluding diaryl/α,β-unsaturated/α-hetero) is 1. The Bertz CT molecular complexity index is 239. The lowest BCUT2D eigenvalue weighted by Crippen LogP contribution is -2.42. The van der Waals surface area contributed by atoms with E-state index in [0.29, 0.717) is 43.7 Å². The van der Waals surface area contributed by atoms with Crippen molar-refractivity contribution in [3.63, 3.8) is 0 Å². The Labute approximate surface area is 104 Å². The van der Waals surface area contributed by atoms with Crippen LogP contribution in [0, 0.1) is 17.8 Å². The third-order valence-corrected chi connectivity index (χ3v) is 3.71. The second-order valence-electron chi connectivity index (χ2n) is 5.34. The Morgan fingerprint density at radius 3 is 2.29 bits per heavy atom. The zero-order valence-electron chi connectivity index (χ0n) is 10.9. The molecular weight excluding hydrogens is 218 g/mol. The maximum Gasteiger partial charge on any atom is 0.137 e. The molecule has 0 aromatic heterocycles. The first kappa shape index (κ1) is 14.6. The molecular formula is C13H25NO3. The standard InChI is InChI=1S/C13H25NO3/c1-10-7-11(2)12(13(17)8-10)9-14(3-5-15)4-6-16/h10-12,15-16H,3-9H2,1-2H3. The quantitative estimate of drug-likeness (QED) is 0.714. The van der Waals surface area contributed by atoms with Gasteiger partial charge in [0.15, 0.2) is 0 Å². The summed E-state index contributed by atoms with van der Waals surface area (Å²) in [6.45, 7) is 6.16. The number of aliphatic hydroxyl groups excluding tert-OH is 2. The smallest absolute Gasteiger partial charge is 0.137 e. The largest absolute Gasteiger partial charge is 0.395 e. The van der Waals surface area contributed by atoms with Gasteiger partial charge in [-0.1, -0.05) is 13.8 Å². The Morgan fingerprint density at radius 1 is 1.24 bits per heavy atom. The van der Waals surface area contributed by atoms with Gasteiger partial charge in [0.1, 0.15) is 5.78 Å². The third-order valence-electron chi connectivity index (χ3n) is 3.71. The van der Waals surface area contributed by atoms with Gasteiger partial charge in [-0.25, -0.2) is 0 Å². The number of nitrogens with zero attached hydrogens (tertiary/aromatic N) is 1. The zero-order chi connectivity index (χ0) is 12.8. The summed E-state index contributed by atoms with van der Waals surface area (Å²) >= 11 is 0. The van der Waals surface area contributed by atoms with Crippen LogP contribution in [0.15, 0.2) is 0 Å². The molecule has 2 N–H and O–H groups in total. The summed E-state index contributed by atoms with van der Waals surface area (Å²) in [6, 6.07) is 0. The van der Waals surface area contributed by atoms with Gasteiger partial charge in [0, 0.05) is 32.0 Å². The maximum atomic E-state index is 12.0. The Kier molecular flexibility index (Phi) is 6.09. The first-order valence-corrected chi connectivity index (χ1v) is 6.55. The lowest BCUT2D eigenvalue weighted by molar-refractivity contribution is -0.128. The minimum Gasteiger partial charge on any atom is -0.395 e. The number of ketones is 1. The minimum atomic E-state index is 0.0734. The normalized spacial score (nSPS) is 29.9. The summed E-state index contributed by atoms with van der Waals surface area (Å²) in [4.78, 5) is 14.0. The van der Waals surface area contributed by atoms with Crippen molar-refractivity contribution in [2.45, 2.75) is 26.7 Å². The van der Waals surface area contributed by atoms with Gasteiger partial charge >= 0.3 is 0 Å². The van der Waals surface area contributed by atoms with Crippen LogP contribution in [0.3, 0.4) is 0 Å². The predicted molar refractivity (Wildman–Crippen MR) is 66.7 cm³/mol. The van der Waals surface area contributed by atoms with Gasteiger partial charge in [-0.15, -0.1) is 0 Å². The molecule has 0 bridgehead atoms. The average molecular weight is 243 g/mol. The van der Waals surface area contributed by atoms with Crippen molar-refractivity contribution in [1.29, 1.82) is 0 Å². The Morgan fingerprint density at radius 2 is 1.82 bits per heavy atom. The molecule has 0 saturated heterocycles. The molecule has 0 spiro atoms. The van der Waals surface area contributed by atoms with Gasteiger partial charge in [-0.3, -0.25) is 9.69 Å². The number of rotatable bonds is 6. The van der Waals surface area contributed by atoms with Gasteiger partial charge in [0.2, 0.25) is 0 Å². The molecule has 0 aliphatic heterocycles. The number of carbonyl (C=O) groups is 1. The van der Waals surface area contributed by atoms with Crippen LogP contribution in [0.5, 0.6) is 0 Å². The third kappa shape index (κ3) is 4.37. The summed E-state index contributed by atoms with van der Waals surface area (Å²) in [5.74, 6) is 1.32. The molecule has 1 saturated carbocycles. The molecule has 17 heavy (non-hydrogen) atoms. The van der Waals surface area contributed by atoms with Crippen LogP contribution in [0.2, 0.25) is 0 Å². The monoisotopic (exact) mass is 243 g/mol. The summed E-state index contributed by atoms with van der Waals surface area (Å²) in [5, 5.41) is 17.9. The van der Waals surface area contributed by atoms with E-state index in [1.807, 2.05) is 4.90 Å². The maximum absolute atomic E-state index is 12.0. The van der Waals surface area contributed by atoms with E-state index in [1.54, 1.807) is 0 Å². The number of hydrogen-bond donors (Lipinski definition) is 2. The lowest BCUT2D eigenvalue weighted by atomic mass is 9.74. The number of hydrogen-bond acceptors (Lipinski definition) is 4. The van der Waals surface area contributed by atoms with Crippen LogP contribution in [-0.4, -0.2) is 53.7 Å². The second-order valence-corrected chi connectivity index (χ2v) is 5.34. The number of aliphatic hydroxyl groups is 2. The highest BCUT2D eigenvalue weighted by atomic mass is 16.3. The molecule has 3 unspecified atom stereocenters. The number of carbonyl (C=O) groups excluding carboxylic acids is 1. The molecule has 3 atom stereocenters. The first-order valence-electron chi connectivity index (χ1n) is 6.55. The zero-order valence-corrected chi connectivity index (χ0v) is 10.9. The fourth-order valence-electron chi connectivity index (χ4n) is 2.83. The highest BCUT2D eigenvalue weighted by Crippen LogP contribution is 2.31. The van der Waals surface area contributed by atoms with Crippen molar-refractivity contribution in [2.24, 2.45) is 17.8 Å². The van der Waals surface area contributed by atoms with E-state index in [-0.39, 0.29) is 19.1 Å². The average Bonchev–Trinajstić information content (AvgIpc) is 2.23. The molecule has 4 heteroatoms. The molecule has 1 aliphatic rings. The summed E-state index contributed by atoms with van der Waals surface area (Å²) in [6.07, 6.45) is 1.78. The van der Waals surface area contributed by atoms with E-state index in [2.05, 4.69) is 13.8 Å². The topological polar surface area (TPSA) is 60.8 Å². The van der Waals surface area contributed by atoms with Gasteiger partial charge in [0.05, 0.1) is 13.2 Å². The molecule has 4 nitrogen and oxygen atoms in total. The summed E-state index contributed by atoms with van der Waals surface area (Å²) < 4.78 is 0. The molecule has 1 aliphatic carbocycles. The highest BCUT2D eigenvalue weighted by molar-refractivity contribution is 5.82. The molecule has 1 fully saturated rings. The minimum absolute atomic E-state index is 0.0734. The van der Waals surface area contributed by atoms with Crippen molar-refractivity contribution in [1.82, 2.24) is 4.90 Å². The summed E-state index contributed by atoms with van der Waals surface area (Å²) in [5.41, 5.74) is 0. The van der Waals surface area contributed by atoms with E-state index >= 15 is 0 Å². The molecule has 0 amide bonds. The second kappa shape index (κ2) is 7.09. The molecule has 0 aromatic rings. The van der Waals surface area contributed by atoms with Crippen LogP contribution in [0.4, 0.5) is 0 Å². The molecule has 100 valence electrons. The lowest BCUT2D eigenvalue weighted by Gasteiger charge is -2.34. The van der Waals surface area contributed by atoms with Crippen molar-refractivity contribution in [3.05, 3.63) is 0 Å². The van der Waals surface area contributed by atoms with Crippen molar-refractivity contribution in [3.8, 4) is 0 Å². The SMILES string of the molecule is CC1CC(=O)C(CN(CCO)CCO)C(C)C1. The van der Waals surface area contributed by atoms with E-state index in [4.69, 9.17) is 10.2 Å². The Hall–Kier alpha value is -0.450. The van der Waals surface area contributed by atoms with E-state index in [9.17, 15) is 4.79 Å². The van der Waals surface area contributed by atoms with E-state index in [1.165, 1.54) is 0 Å². The van der Waals surface area contributed by atoms with E-state index < -0.39 is 0 Å². The fourth-order valence-corrected chi connectivity index (χ4v) is 2.83. The molecule has 0 radical (unpaired) electrons. The van der Waals surface area contributed by atoms with Crippen molar-refractivity contribution in [2.75, 3.05) is 32.8 Å². The van der Waals surface area contributed by atoms with Crippen LogP contribution in [-0.2, 0) is 4.79 Å². The summed E-state index contributed by atoms with van der Waals surface area (Å²) in [7, 11) is 0. The van der Waals surface area contributed by atoms with Gasteiger partial charge in [0.25, 0.3) is 0 Å². The highest BCUT2D eigenvalue weighted by Gasteiger charge is 2.33. The van der Waals surface area contributed by atoms with E-state index in [0.717, 1.165) is 6.42 Å². The van der Waals surface area contributed by atoms with Gasteiger partial charge in [-0.2, -0.15) is 0 Å². The first-order chi connectivity index (χ1) is 8.08.